The maximum absolute atomic E-state index is 12.1. The van der Waals surface area contributed by atoms with Crippen molar-refractivity contribution in [3.8, 4) is 0 Å². The van der Waals surface area contributed by atoms with Gasteiger partial charge in [0, 0.05) is 24.5 Å². The highest BCUT2D eigenvalue weighted by Gasteiger charge is 2.18. The second-order valence-electron chi connectivity index (χ2n) is 5.75. The largest absolute Gasteiger partial charge is 0.371 e. The predicted octanol–water partition coefficient (Wildman–Crippen LogP) is 1.08. The van der Waals surface area contributed by atoms with Crippen molar-refractivity contribution >= 4 is 23.2 Å². The average molecular weight is 304 g/mol. The standard InChI is InChI=1S/C16H24N4O2/c1-11(17)15(21)18-12(2)16(22)19-13-6-5-7-14(10-13)20-8-3-4-9-20/h5-7,10-12H,3-4,8-9,17H2,1-2H3,(H,18,21)(H,19,22). The van der Waals surface area contributed by atoms with Gasteiger partial charge in [-0.05, 0) is 44.9 Å². The van der Waals surface area contributed by atoms with Crippen molar-refractivity contribution in [1.29, 1.82) is 0 Å². The fourth-order valence-corrected chi connectivity index (χ4v) is 2.42. The number of carbonyl (C=O) groups is 2. The van der Waals surface area contributed by atoms with E-state index in [-0.39, 0.29) is 11.8 Å². The molecule has 6 heteroatoms. The molecule has 2 unspecified atom stereocenters. The minimum Gasteiger partial charge on any atom is -0.371 e. The first-order valence-corrected chi connectivity index (χ1v) is 7.69. The van der Waals surface area contributed by atoms with E-state index in [0.717, 1.165) is 24.5 Å². The van der Waals surface area contributed by atoms with Crippen LogP contribution in [0, 0.1) is 0 Å². The Bertz CT molecular complexity index is 539. The van der Waals surface area contributed by atoms with Gasteiger partial charge in [0.2, 0.25) is 11.8 Å². The van der Waals surface area contributed by atoms with E-state index < -0.39 is 12.1 Å². The van der Waals surface area contributed by atoms with Gasteiger partial charge in [0.15, 0.2) is 0 Å². The summed E-state index contributed by atoms with van der Waals surface area (Å²) in [6, 6.07) is 6.51. The van der Waals surface area contributed by atoms with Gasteiger partial charge in [-0.3, -0.25) is 9.59 Å². The molecular weight excluding hydrogens is 280 g/mol. The van der Waals surface area contributed by atoms with Gasteiger partial charge < -0.3 is 21.3 Å². The van der Waals surface area contributed by atoms with Crippen molar-refractivity contribution < 1.29 is 9.59 Å². The molecule has 1 aromatic carbocycles. The summed E-state index contributed by atoms with van der Waals surface area (Å²) in [5.74, 6) is -0.596. The van der Waals surface area contributed by atoms with Gasteiger partial charge in [0.05, 0.1) is 6.04 Å². The molecule has 2 rings (SSSR count). The molecule has 1 heterocycles. The molecule has 0 bridgehead atoms. The van der Waals surface area contributed by atoms with Crippen LogP contribution in [0.4, 0.5) is 11.4 Å². The van der Waals surface area contributed by atoms with Crippen LogP contribution in [-0.4, -0.2) is 37.0 Å². The summed E-state index contributed by atoms with van der Waals surface area (Å²) in [5, 5.41) is 5.41. The van der Waals surface area contributed by atoms with Crippen LogP contribution in [0.2, 0.25) is 0 Å². The third-order valence-electron chi connectivity index (χ3n) is 3.75. The number of nitrogens with zero attached hydrogens (tertiary/aromatic N) is 1. The fourth-order valence-electron chi connectivity index (χ4n) is 2.42. The zero-order valence-electron chi connectivity index (χ0n) is 13.1. The maximum Gasteiger partial charge on any atom is 0.246 e. The SMILES string of the molecule is CC(N)C(=O)NC(C)C(=O)Nc1cccc(N2CCCC2)c1. The second-order valence-corrected chi connectivity index (χ2v) is 5.75. The molecule has 1 aliphatic heterocycles. The van der Waals surface area contributed by atoms with Crippen LogP contribution in [0.15, 0.2) is 24.3 Å². The molecule has 4 N–H and O–H groups in total. The number of amides is 2. The molecule has 0 radical (unpaired) electrons. The van der Waals surface area contributed by atoms with Gasteiger partial charge in [-0.25, -0.2) is 0 Å². The Morgan fingerprint density at radius 3 is 2.50 bits per heavy atom. The average Bonchev–Trinajstić information content (AvgIpc) is 3.01. The van der Waals surface area contributed by atoms with E-state index in [0.29, 0.717) is 0 Å². The molecular formula is C16H24N4O2. The van der Waals surface area contributed by atoms with Gasteiger partial charge in [-0.1, -0.05) is 6.07 Å². The van der Waals surface area contributed by atoms with Crippen LogP contribution in [0.1, 0.15) is 26.7 Å². The maximum atomic E-state index is 12.1. The lowest BCUT2D eigenvalue weighted by atomic mass is 10.2. The van der Waals surface area contributed by atoms with E-state index >= 15 is 0 Å². The van der Waals surface area contributed by atoms with Crippen molar-refractivity contribution in [2.24, 2.45) is 5.73 Å². The molecule has 2 atom stereocenters. The highest BCUT2D eigenvalue weighted by atomic mass is 16.2. The minimum absolute atomic E-state index is 0.257. The summed E-state index contributed by atoms with van der Waals surface area (Å²) < 4.78 is 0. The van der Waals surface area contributed by atoms with Crippen molar-refractivity contribution in [2.45, 2.75) is 38.8 Å². The lowest BCUT2D eigenvalue weighted by Crippen LogP contribution is -2.47. The van der Waals surface area contributed by atoms with Crippen molar-refractivity contribution in [1.82, 2.24) is 5.32 Å². The number of carbonyl (C=O) groups excluding carboxylic acids is 2. The number of nitrogens with two attached hydrogens (primary N) is 1. The molecule has 0 aromatic heterocycles. The molecule has 0 spiro atoms. The van der Waals surface area contributed by atoms with Crippen LogP contribution < -0.4 is 21.3 Å². The van der Waals surface area contributed by atoms with Crippen molar-refractivity contribution in [2.75, 3.05) is 23.3 Å². The normalized spacial score (nSPS) is 17.0. The second kappa shape index (κ2) is 7.26. The smallest absolute Gasteiger partial charge is 0.246 e. The lowest BCUT2D eigenvalue weighted by Gasteiger charge is -2.19. The Labute approximate surface area is 131 Å². The summed E-state index contributed by atoms with van der Waals surface area (Å²) in [6.07, 6.45) is 2.41. The number of anilines is 2. The van der Waals surface area contributed by atoms with Gasteiger partial charge in [0.25, 0.3) is 0 Å². The Balaban J connectivity index is 1.96. The van der Waals surface area contributed by atoms with Crippen LogP contribution in [0.3, 0.4) is 0 Å². The Kier molecular flexibility index (Phi) is 5.38. The van der Waals surface area contributed by atoms with Gasteiger partial charge >= 0.3 is 0 Å². The molecule has 120 valence electrons. The first kappa shape index (κ1) is 16.3. The highest BCUT2D eigenvalue weighted by molar-refractivity contribution is 5.97. The lowest BCUT2D eigenvalue weighted by molar-refractivity contribution is -0.126. The quantitative estimate of drug-likeness (QED) is 0.759. The number of rotatable bonds is 5. The minimum atomic E-state index is -0.631. The van der Waals surface area contributed by atoms with Gasteiger partial charge in [0.1, 0.15) is 6.04 Å². The Morgan fingerprint density at radius 2 is 1.86 bits per heavy atom. The van der Waals surface area contributed by atoms with Crippen molar-refractivity contribution in [3.05, 3.63) is 24.3 Å². The molecule has 0 aliphatic carbocycles. The molecule has 0 saturated carbocycles. The molecule has 1 fully saturated rings. The Morgan fingerprint density at radius 1 is 1.18 bits per heavy atom. The van der Waals surface area contributed by atoms with E-state index in [1.165, 1.54) is 12.8 Å². The summed E-state index contributed by atoms with van der Waals surface area (Å²) >= 11 is 0. The summed E-state index contributed by atoms with van der Waals surface area (Å²) in [7, 11) is 0. The number of hydrogen-bond donors (Lipinski definition) is 3. The summed E-state index contributed by atoms with van der Waals surface area (Å²) in [6.45, 7) is 5.33. The van der Waals surface area contributed by atoms with Crippen LogP contribution in [0.25, 0.3) is 0 Å². The first-order valence-electron chi connectivity index (χ1n) is 7.69. The summed E-state index contributed by atoms with van der Waals surface area (Å²) in [4.78, 5) is 25.9. The molecule has 1 aliphatic rings. The van der Waals surface area contributed by atoms with E-state index in [4.69, 9.17) is 5.73 Å². The van der Waals surface area contributed by atoms with E-state index in [9.17, 15) is 9.59 Å². The highest BCUT2D eigenvalue weighted by Crippen LogP contribution is 2.23. The first-order chi connectivity index (χ1) is 10.5. The Hall–Kier alpha value is -2.08. The van der Waals surface area contributed by atoms with E-state index in [1.54, 1.807) is 13.8 Å². The molecule has 6 nitrogen and oxygen atoms in total. The van der Waals surface area contributed by atoms with E-state index in [1.807, 2.05) is 24.3 Å². The number of benzene rings is 1. The predicted molar refractivity (Wildman–Crippen MR) is 87.8 cm³/mol. The fraction of sp³-hybridized carbons (Fsp3) is 0.500. The third kappa shape index (κ3) is 4.21. The number of nitrogens with one attached hydrogen (secondary N) is 2. The topological polar surface area (TPSA) is 87.5 Å². The van der Waals surface area contributed by atoms with Crippen LogP contribution in [-0.2, 0) is 9.59 Å². The van der Waals surface area contributed by atoms with E-state index in [2.05, 4.69) is 15.5 Å². The third-order valence-corrected chi connectivity index (χ3v) is 3.75. The number of hydrogen-bond acceptors (Lipinski definition) is 4. The van der Waals surface area contributed by atoms with Crippen LogP contribution >= 0.6 is 0 Å². The molecule has 1 saturated heterocycles. The van der Waals surface area contributed by atoms with Crippen LogP contribution in [0.5, 0.6) is 0 Å². The molecule has 22 heavy (non-hydrogen) atoms. The monoisotopic (exact) mass is 304 g/mol. The van der Waals surface area contributed by atoms with Crippen molar-refractivity contribution in [3.63, 3.8) is 0 Å². The molecule has 1 aromatic rings. The zero-order valence-corrected chi connectivity index (χ0v) is 13.1. The molecule has 2 amide bonds. The van der Waals surface area contributed by atoms with Gasteiger partial charge in [-0.15, -0.1) is 0 Å². The van der Waals surface area contributed by atoms with Gasteiger partial charge in [-0.2, -0.15) is 0 Å². The zero-order chi connectivity index (χ0) is 16.1. The summed E-state index contributed by atoms with van der Waals surface area (Å²) in [5.41, 5.74) is 7.32.